The van der Waals surface area contributed by atoms with Gasteiger partial charge in [-0.1, -0.05) is 6.08 Å². The molecule has 0 radical (unpaired) electrons. The lowest BCUT2D eigenvalue weighted by Gasteiger charge is -2.28. The molecule has 1 rings (SSSR count). The number of allylic oxidation sites excluding steroid dienone is 1. The highest BCUT2D eigenvalue weighted by molar-refractivity contribution is 5.84. The van der Waals surface area contributed by atoms with E-state index in [2.05, 4.69) is 11.9 Å². The summed E-state index contributed by atoms with van der Waals surface area (Å²) in [5, 5.41) is 2.39. The van der Waals surface area contributed by atoms with Crippen molar-refractivity contribution in [3.63, 3.8) is 0 Å². The van der Waals surface area contributed by atoms with Gasteiger partial charge in [-0.25, -0.2) is 0 Å². The zero-order valence-corrected chi connectivity index (χ0v) is 11.3. The first-order valence-corrected chi connectivity index (χ1v) is 6.00. The third-order valence-corrected chi connectivity index (χ3v) is 3.11. The number of hydrogen-bond donors (Lipinski definition) is 1. The fourth-order valence-electron chi connectivity index (χ4n) is 2.32. The average Bonchev–Trinajstić information content (AvgIpc) is 2.33. The van der Waals surface area contributed by atoms with E-state index in [1.165, 1.54) is 0 Å². The second-order valence-corrected chi connectivity index (χ2v) is 5.89. The molecule has 0 aromatic heterocycles. The van der Waals surface area contributed by atoms with E-state index in [0.717, 1.165) is 6.08 Å². The number of rotatable bonds is 4. The summed E-state index contributed by atoms with van der Waals surface area (Å²) >= 11 is 0. The fourth-order valence-corrected chi connectivity index (χ4v) is 2.32. The van der Waals surface area contributed by atoms with E-state index in [-0.39, 0.29) is 0 Å². The molecule has 1 aliphatic heterocycles. The van der Waals surface area contributed by atoms with E-state index in [4.69, 9.17) is 4.74 Å². The van der Waals surface area contributed by atoms with Gasteiger partial charge in [0.05, 0.1) is 17.2 Å². The highest BCUT2D eigenvalue weighted by Gasteiger charge is 2.49. The van der Waals surface area contributed by atoms with Gasteiger partial charge in [-0.3, -0.25) is 4.79 Å². The van der Waals surface area contributed by atoms with Crippen LogP contribution in [0.4, 0.5) is 8.78 Å². The number of amides is 1. The lowest BCUT2D eigenvalue weighted by atomic mass is 9.94. The number of nitrogens with one attached hydrogen (secondary N) is 1. The molecule has 0 aromatic rings. The lowest BCUT2D eigenvalue weighted by molar-refractivity contribution is -0.147. The maximum Gasteiger partial charge on any atom is 0.327 e. The minimum atomic E-state index is -3.41. The van der Waals surface area contributed by atoms with Gasteiger partial charge in [0, 0.05) is 6.42 Å². The maximum absolute atomic E-state index is 13.4. The second-order valence-electron chi connectivity index (χ2n) is 5.89. The van der Waals surface area contributed by atoms with E-state index in [9.17, 15) is 13.6 Å². The van der Waals surface area contributed by atoms with Gasteiger partial charge in [0.2, 0.25) is 0 Å². The Hall–Kier alpha value is -0.970. The molecule has 1 atom stereocenters. The van der Waals surface area contributed by atoms with Crippen molar-refractivity contribution in [3.8, 4) is 0 Å². The number of ether oxygens (including phenoxy) is 1. The maximum atomic E-state index is 13.4. The van der Waals surface area contributed by atoms with Crippen LogP contribution in [-0.2, 0) is 9.53 Å². The van der Waals surface area contributed by atoms with Crippen LogP contribution in [0.15, 0.2) is 12.7 Å². The Balaban J connectivity index is 2.74. The molecule has 1 aliphatic rings. The molecule has 0 aliphatic carbocycles. The smallest absolute Gasteiger partial charge is 0.327 e. The molecule has 104 valence electrons. The molecule has 0 spiro atoms. The third-order valence-electron chi connectivity index (χ3n) is 3.11. The Morgan fingerprint density at radius 1 is 1.50 bits per heavy atom. The first-order valence-electron chi connectivity index (χ1n) is 6.00. The van der Waals surface area contributed by atoms with E-state index in [0.29, 0.717) is 6.42 Å². The number of hydrogen-bond acceptors (Lipinski definition) is 2. The van der Waals surface area contributed by atoms with Crippen molar-refractivity contribution in [3.05, 3.63) is 12.7 Å². The van der Waals surface area contributed by atoms with E-state index in [1.807, 2.05) is 13.8 Å². The van der Waals surface area contributed by atoms with Crippen LogP contribution in [0.1, 0.15) is 40.5 Å². The molecule has 0 saturated carbocycles. The predicted molar refractivity (Wildman–Crippen MR) is 65.6 cm³/mol. The molecular formula is C13H21F2NO2. The van der Waals surface area contributed by atoms with E-state index in [1.54, 1.807) is 13.8 Å². The van der Waals surface area contributed by atoms with Gasteiger partial charge in [0.1, 0.15) is 0 Å². The predicted octanol–water partition coefficient (Wildman–Crippen LogP) is 2.66. The molecule has 1 amide bonds. The summed E-state index contributed by atoms with van der Waals surface area (Å²) < 4.78 is 32.5. The molecule has 0 unspecified atom stereocenters. The largest absolute Gasteiger partial charge is 0.367 e. The third kappa shape index (κ3) is 3.28. The number of halogens is 2. The van der Waals surface area contributed by atoms with Crippen LogP contribution in [0, 0.1) is 0 Å². The van der Waals surface area contributed by atoms with Crippen molar-refractivity contribution >= 4 is 5.91 Å². The summed E-state index contributed by atoms with van der Waals surface area (Å²) in [6.45, 7) is 10.6. The molecule has 1 N–H and O–H groups in total. The van der Waals surface area contributed by atoms with E-state index < -0.39 is 35.5 Å². The molecule has 5 heteroatoms. The average molecular weight is 261 g/mol. The van der Waals surface area contributed by atoms with Gasteiger partial charge in [0.25, 0.3) is 5.91 Å². The van der Waals surface area contributed by atoms with Crippen LogP contribution in [0.5, 0.6) is 0 Å². The fraction of sp³-hybridized carbons (Fsp3) is 0.769. The summed E-state index contributed by atoms with van der Waals surface area (Å²) in [4.78, 5) is 11.5. The van der Waals surface area contributed by atoms with Crippen molar-refractivity contribution in [2.24, 2.45) is 0 Å². The van der Waals surface area contributed by atoms with Crippen LogP contribution in [0.3, 0.4) is 0 Å². The first kappa shape index (κ1) is 15.1. The monoisotopic (exact) mass is 261 g/mol. The summed E-state index contributed by atoms with van der Waals surface area (Å²) in [7, 11) is 0. The molecule has 3 nitrogen and oxygen atoms in total. The Kier molecular flexibility index (Phi) is 3.86. The SMILES string of the molecule is C=CCC(F)(F)C(=O)N[C@@H]1CC(C)(C)OC1(C)C. The van der Waals surface area contributed by atoms with Crippen molar-refractivity contribution < 1.29 is 18.3 Å². The minimum absolute atomic E-state index is 0.421. The molecule has 1 fully saturated rings. The number of carbonyl (C=O) groups excluding carboxylic acids is 1. The number of alkyl halides is 2. The topological polar surface area (TPSA) is 38.3 Å². The minimum Gasteiger partial charge on any atom is -0.367 e. The van der Waals surface area contributed by atoms with Crippen LogP contribution < -0.4 is 5.32 Å². The van der Waals surface area contributed by atoms with Gasteiger partial charge < -0.3 is 10.1 Å². The molecule has 1 heterocycles. The van der Waals surface area contributed by atoms with E-state index >= 15 is 0 Å². The second kappa shape index (κ2) is 4.61. The normalized spacial score (nSPS) is 25.8. The standard InChI is InChI=1S/C13H21F2NO2/c1-6-7-13(14,15)10(17)16-9-8-11(2,3)18-12(9,4)5/h6,9H,1,7-8H2,2-5H3,(H,16,17)/t9-/m1/s1. The Morgan fingerprint density at radius 3 is 2.44 bits per heavy atom. The summed E-state index contributed by atoms with van der Waals surface area (Å²) in [6, 6.07) is -0.421. The van der Waals surface area contributed by atoms with Crippen LogP contribution >= 0.6 is 0 Å². The molecular weight excluding hydrogens is 240 g/mol. The Labute approximate surface area is 107 Å². The van der Waals surface area contributed by atoms with Crippen molar-refractivity contribution in [2.75, 3.05) is 0 Å². The van der Waals surface area contributed by atoms with Crippen LogP contribution in [-0.4, -0.2) is 29.1 Å². The van der Waals surface area contributed by atoms with Crippen molar-refractivity contribution in [1.29, 1.82) is 0 Å². The van der Waals surface area contributed by atoms with Gasteiger partial charge in [-0.15, -0.1) is 6.58 Å². The summed E-state index contributed by atoms with van der Waals surface area (Å²) in [5.74, 6) is -4.67. The lowest BCUT2D eigenvalue weighted by Crippen LogP contribution is -2.51. The van der Waals surface area contributed by atoms with Gasteiger partial charge in [-0.2, -0.15) is 8.78 Å². The van der Waals surface area contributed by atoms with Crippen LogP contribution in [0.2, 0.25) is 0 Å². The summed E-state index contributed by atoms with van der Waals surface area (Å²) in [5.41, 5.74) is -1.07. The Morgan fingerprint density at radius 2 is 2.06 bits per heavy atom. The van der Waals surface area contributed by atoms with Crippen molar-refractivity contribution in [2.45, 2.75) is 63.7 Å². The Bertz CT molecular complexity index is 351. The zero-order valence-electron chi connectivity index (χ0n) is 11.3. The quantitative estimate of drug-likeness (QED) is 0.790. The number of carbonyl (C=O) groups is 1. The molecule has 0 aromatic carbocycles. The van der Waals surface area contributed by atoms with Gasteiger partial charge in [0.15, 0.2) is 0 Å². The molecule has 18 heavy (non-hydrogen) atoms. The molecule has 0 bridgehead atoms. The van der Waals surface area contributed by atoms with Crippen LogP contribution in [0.25, 0.3) is 0 Å². The highest BCUT2D eigenvalue weighted by atomic mass is 19.3. The summed E-state index contributed by atoms with van der Waals surface area (Å²) in [6.07, 6.45) is 0.895. The van der Waals surface area contributed by atoms with Gasteiger partial charge in [-0.05, 0) is 34.1 Å². The van der Waals surface area contributed by atoms with Crippen molar-refractivity contribution in [1.82, 2.24) is 5.32 Å². The first-order chi connectivity index (χ1) is 8.00. The van der Waals surface area contributed by atoms with Gasteiger partial charge >= 0.3 is 5.92 Å². The zero-order chi connectivity index (χ0) is 14.2. The molecule has 1 saturated heterocycles. The highest BCUT2D eigenvalue weighted by Crippen LogP contribution is 2.37.